The zero-order chi connectivity index (χ0) is 24.5. The molecule has 14 heteroatoms. The summed E-state index contributed by atoms with van der Waals surface area (Å²) in [5, 5.41) is 13.5. The molecule has 0 saturated carbocycles. The van der Waals surface area contributed by atoms with Crippen LogP contribution in [0.4, 0.5) is 33.3 Å². The molecule has 0 aliphatic carbocycles. The Morgan fingerprint density at radius 2 is 1.82 bits per heavy atom. The van der Waals surface area contributed by atoms with Crippen molar-refractivity contribution in [3.05, 3.63) is 88.9 Å². The Morgan fingerprint density at radius 3 is 2.50 bits per heavy atom. The van der Waals surface area contributed by atoms with E-state index in [0.717, 1.165) is 29.2 Å². The number of pyridine rings is 1. The number of hydrogen-bond donors (Lipinski definition) is 1. The van der Waals surface area contributed by atoms with E-state index in [-0.39, 0.29) is 22.8 Å². The second kappa shape index (κ2) is 8.70. The topological polar surface area (TPSA) is 94.9 Å². The number of carbonyl (C=O) groups excluding carboxylic acids is 1. The first kappa shape index (κ1) is 22.5. The van der Waals surface area contributed by atoms with Crippen LogP contribution in [0.25, 0.3) is 10.7 Å². The van der Waals surface area contributed by atoms with Gasteiger partial charge in [-0.3, -0.25) is 9.48 Å². The highest BCUT2D eigenvalue weighted by Gasteiger charge is 2.40. The Morgan fingerprint density at radius 1 is 1.09 bits per heavy atom. The molecular formula is C20H11F5N8O. The van der Waals surface area contributed by atoms with Crippen LogP contribution in [0.3, 0.4) is 0 Å². The highest BCUT2D eigenvalue weighted by atomic mass is 19.4. The Kier molecular flexibility index (Phi) is 5.76. The number of rotatable bonds is 5. The summed E-state index contributed by atoms with van der Waals surface area (Å²) in [5.74, 6) is -2.91. The molecule has 172 valence electrons. The lowest BCUT2D eigenvalue weighted by Crippen LogP contribution is -2.22. The fourth-order valence-electron chi connectivity index (χ4n) is 3.07. The highest BCUT2D eigenvalue weighted by molar-refractivity contribution is 6.05. The van der Waals surface area contributed by atoms with Crippen molar-refractivity contribution in [1.82, 2.24) is 29.8 Å². The van der Waals surface area contributed by atoms with Crippen molar-refractivity contribution >= 4 is 17.3 Å². The molecule has 0 aliphatic heterocycles. The van der Waals surface area contributed by atoms with Gasteiger partial charge in [0.15, 0.2) is 11.5 Å². The minimum absolute atomic E-state index is 0.0546. The minimum Gasteiger partial charge on any atom is -0.322 e. The summed E-state index contributed by atoms with van der Waals surface area (Å²) in [6.07, 6.45) is -0.539. The molecule has 9 nitrogen and oxygen atoms in total. The Hall–Kier alpha value is -4.67. The van der Waals surface area contributed by atoms with Gasteiger partial charge in [-0.05, 0) is 24.3 Å². The van der Waals surface area contributed by atoms with Crippen molar-refractivity contribution in [2.24, 2.45) is 0 Å². The summed E-state index contributed by atoms with van der Waals surface area (Å²) >= 11 is 0. The van der Waals surface area contributed by atoms with E-state index in [9.17, 15) is 26.7 Å². The lowest BCUT2D eigenvalue weighted by atomic mass is 10.2. The molecule has 1 aromatic carbocycles. The second-order valence-corrected chi connectivity index (χ2v) is 6.75. The number of alkyl halides is 3. The lowest BCUT2D eigenvalue weighted by Gasteiger charge is -2.13. The summed E-state index contributed by atoms with van der Waals surface area (Å²) in [7, 11) is 0. The molecule has 4 aromatic rings. The van der Waals surface area contributed by atoms with Crippen molar-refractivity contribution in [2.75, 3.05) is 5.32 Å². The normalized spacial score (nSPS) is 11.3. The first-order valence-corrected chi connectivity index (χ1v) is 9.30. The summed E-state index contributed by atoms with van der Waals surface area (Å²) in [5.41, 5.74) is -2.82. The van der Waals surface area contributed by atoms with Gasteiger partial charge >= 0.3 is 6.18 Å². The predicted octanol–water partition coefficient (Wildman–Crippen LogP) is 4.01. The van der Waals surface area contributed by atoms with Crippen LogP contribution in [-0.4, -0.2) is 35.7 Å². The van der Waals surface area contributed by atoms with Crippen LogP contribution in [0.2, 0.25) is 0 Å². The summed E-state index contributed by atoms with van der Waals surface area (Å²) < 4.78 is 69.0. The number of aromatic nitrogens is 6. The molecule has 0 spiro atoms. The van der Waals surface area contributed by atoms with Crippen molar-refractivity contribution in [2.45, 2.75) is 12.7 Å². The van der Waals surface area contributed by atoms with E-state index in [1.807, 2.05) is 0 Å². The number of nitrogens with zero attached hydrogens (tertiary/aromatic N) is 7. The molecule has 4 rings (SSSR count). The maximum absolute atomic E-state index is 13.9. The minimum atomic E-state index is -5.04. The van der Waals surface area contributed by atoms with Gasteiger partial charge in [-0.15, -0.1) is 4.80 Å². The van der Waals surface area contributed by atoms with E-state index >= 15 is 0 Å². The van der Waals surface area contributed by atoms with E-state index in [2.05, 4.69) is 30.4 Å². The number of benzene rings is 1. The first-order valence-electron chi connectivity index (χ1n) is 9.30. The third-order valence-electron chi connectivity index (χ3n) is 4.51. The Labute approximate surface area is 187 Å². The third kappa shape index (κ3) is 4.44. The van der Waals surface area contributed by atoms with Crippen molar-refractivity contribution in [3.8, 4) is 5.82 Å². The van der Waals surface area contributed by atoms with Gasteiger partial charge in [-0.25, -0.2) is 18.6 Å². The average Bonchev–Trinajstić information content (AvgIpc) is 3.46. The van der Waals surface area contributed by atoms with Crippen molar-refractivity contribution in [1.29, 1.82) is 0 Å². The number of hydrogen-bond acceptors (Lipinski definition) is 5. The monoisotopic (exact) mass is 474 g/mol. The second-order valence-electron chi connectivity index (χ2n) is 6.75. The molecule has 0 atom stereocenters. The zero-order valence-electron chi connectivity index (χ0n) is 16.8. The van der Waals surface area contributed by atoms with Gasteiger partial charge in [0.2, 0.25) is 5.69 Å². The molecule has 3 aromatic heterocycles. The molecule has 0 unspecified atom stereocenters. The van der Waals surface area contributed by atoms with Crippen LogP contribution >= 0.6 is 0 Å². The van der Waals surface area contributed by atoms with Gasteiger partial charge < -0.3 is 5.32 Å². The molecule has 0 bridgehead atoms. The molecule has 0 saturated heterocycles. The number of nitrogens with one attached hydrogen (secondary N) is 1. The van der Waals surface area contributed by atoms with Gasteiger partial charge in [0.1, 0.15) is 11.6 Å². The molecule has 1 N–H and O–H groups in total. The van der Waals surface area contributed by atoms with Crippen LogP contribution in [0, 0.1) is 18.2 Å². The Bertz CT molecular complexity index is 1410. The van der Waals surface area contributed by atoms with Gasteiger partial charge in [0.05, 0.1) is 43.5 Å². The summed E-state index contributed by atoms with van der Waals surface area (Å²) in [6.45, 7) is 6.51. The van der Waals surface area contributed by atoms with Crippen LogP contribution in [0.1, 0.15) is 21.6 Å². The fourth-order valence-corrected chi connectivity index (χ4v) is 3.07. The van der Waals surface area contributed by atoms with Gasteiger partial charge in [0, 0.05) is 11.3 Å². The standard InChI is InChI=1S/C20H11F5N8O/c1-26-16-7-13(8-27-18(16)33-28-4-5-29-33)31-19(34)14-9-30-32(17(14)20(23,24)25)10-11-6-12(21)2-3-15(11)22/h2-9H,10H2,(H,31,34). The molecule has 0 radical (unpaired) electrons. The summed E-state index contributed by atoms with van der Waals surface area (Å²) in [4.78, 5) is 21.0. The van der Waals surface area contributed by atoms with E-state index in [0.29, 0.717) is 10.9 Å². The third-order valence-corrected chi connectivity index (χ3v) is 4.51. The molecule has 3 heterocycles. The largest absolute Gasteiger partial charge is 0.433 e. The quantitative estimate of drug-likeness (QED) is 0.349. The molecule has 0 fully saturated rings. The van der Waals surface area contributed by atoms with Gasteiger partial charge in [-0.2, -0.15) is 28.5 Å². The maximum Gasteiger partial charge on any atom is 0.433 e. The van der Waals surface area contributed by atoms with Crippen LogP contribution in [-0.2, 0) is 12.7 Å². The average molecular weight is 474 g/mol. The number of halogens is 5. The predicted molar refractivity (Wildman–Crippen MR) is 106 cm³/mol. The van der Waals surface area contributed by atoms with E-state index in [1.165, 1.54) is 18.5 Å². The summed E-state index contributed by atoms with van der Waals surface area (Å²) in [6, 6.07) is 3.53. The first-order chi connectivity index (χ1) is 16.2. The van der Waals surface area contributed by atoms with Gasteiger partial charge in [-0.1, -0.05) is 0 Å². The van der Waals surface area contributed by atoms with Crippen molar-refractivity contribution < 1.29 is 26.7 Å². The van der Waals surface area contributed by atoms with E-state index in [1.54, 1.807) is 0 Å². The van der Waals surface area contributed by atoms with Crippen LogP contribution in [0.15, 0.2) is 49.1 Å². The molecule has 1 amide bonds. The lowest BCUT2D eigenvalue weighted by molar-refractivity contribution is -0.144. The molecular weight excluding hydrogens is 463 g/mol. The molecule has 34 heavy (non-hydrogen) atoms. The van der Waals surface area contributed by atoms with E-state index in [4.69, 9.17) is 6.57 Å². The van der Waals surface area contributed by atoms with Gasteiger partial charge in [0.25, 0.3) is 5.91 Å². The SMILES string of the molecule is [C-]#[N+]c1cc(NC(=O)c2cnn(Cc3cc(F)ccc3F)c2C(F)(F)F)cnc1-n1nccn1. The Balaban J connectivity index is 1.65. The number of carbonyl (C=O) groups is 1. The zero-order valence-corrected chi connectivity index (χ0v) is 16.8. The number of anilines is 1. The van der Waals surface area contributed by atoms with E-state index < -0.39 is 41.5 Å². The molecule has 0 aliphatic rings. The number of amides is 1. The smallest absolute Gasteiger partial charge is 0.322 e. The van der Waals surface area contributed by atoms with Crippen LogP contribution in [0.5, 0.6) is 0 Å². The highest BCUT2D eigenvalue weighted by Crippen LogP contribution is 2.33. The fraction of sp³-hybridized carbons (Fsp3) is 0.100. The maximum atomic E-state index is 13.9. The van der Waals surface area contributed by atoms with Crippen molar-refractivity contribution in [3.63, 3.8) is 0 Å². The van der Waals surface area contributed by atoms with Crippen LogP contribution < -0.4 is 5.32 Å².